The lowest BCUT2D eigenvalue weighted by Gasteiger charge is -2.20. The van der Waals surface area contributed by atoms with Gasteiger partial charge < -0.3 is 11.5 Å². The summed E-state index contributed by atoms with van der Waals surface area (Å²) in [7, 11) is 0. The fourth-order valence-electron chi connectivity index (χ4n) is 1.06. The van der Waals surface area contributed by atoms with E-state index in [0.29, 0.717) is 18.0 Å². The van der Waals surface area contributed by atoms with Crippen LogP contribution in [0.5, 0.6) is 0 Å². The van der Waals surface area contributed by atoms with Crippen LogP contribution in [-0.2, 0) is 0 Å². The molecule has 0 fully saturated rings. The van der Waals surface area contributed by atoms with Gasteiger partial charge in [0.05, 0.1) is 0 Å². The molecule has 0 radical (unpaired) electrons. The Balaban J connectivity index is 4.84. The van der Waals surface area contributed by atoms with Gasteiger partial charge in [-0.3, -0.25) is 5.41 Å². The molecule has 0 rings (SSSR count). The molecule has 0 amide bonds. The molecule has 5 heteroatoms. The SMILES string of the molecule is CCCCC(N)=NC(=N)/C(Cl)=C(\N)C(C)(C)C. The van der Waals surface area contributed by atoms with E-state index in [0.717, 1.165) is 12.8 Å². The lowest BCUT2D eigenvalue weighted by atomic mass is 9.92. The molecule has 0 aliphatic heterocycles. The van der Waals surface area contributed by atoms with E-state index in [1.54, 1.807) is 0 Å². The maximum Gasteiger partial charge on any atom is 0.167 e. The summed E-state index contributed by atoms with van der Waals surface area (Å²) in [6, 6.07) is 0. The van der Waals surface area contributed by atoms with Gasteiger partial charge in [-0.05, 0) is 6.42 Å². The van der Waals surface area contributed by atoms with Crippen molar-refractivity contribution in [3.05, 3.63) is 10.7 Å². The summed E-state index contributed by atoms with van der Waals surface area (Å²) in [5.74, 6) is 0.365. The lowest BCUT2D eigenvalue weighted by molar-refractivity contribution is 0.497. The molecule has 0 heterocycles. The smallest absolute Gasteiger partial charge is 0.167 e. The predicted octanol–water partition coefficient (Wildman–Crippen LogP) is 2.97. The highest BCUT2D eigenvalue weighted by atomic mass is 35.5. The summed E-state index contributed by atoms with van der Waals surface area (Å²) >= 11 is 6.01. The second-order valence-electron chi connectivity index (χ2n) is 5.03. The van der Waals surface area contributed by atoms with Gasteiger partial charge in [-0.25, -0.2) is 4.99 Å². The number of nitrogens with zero attached hydrogens (tertiary/aromatic N) is 1. The molecule has 5 N–H and O–H groups in total. The summed E-state index contributed by atoms with van der Waals surface area (Å²) in [5, 5.41) is 7.91. The maximum absolute atomic E-state index is 7.73. The Kier molecular flexibility index (Phi) is 6.24. The predicted molar refractivity (Wildman–Crippen MR) is 75.4 cm³/mol. The minimum absolute atomic E-state index is 0.0623. The van der Waals surface area contributed by atoms with Crippen LogP contribution in [0.3, 0.4) is 0 Å². The van der Waals surface area contributed by atoms with Gasteiger partial charge in [-0.15, -0.1) is 0 Å². The third-order valence-electron chi connectivity index (χ3n) is 2.29. The maximum atomic E-state index is 7.73. The minimum Gasteiger partial charge on any atom is -0.400 e. The quantitative estimate of drug-likeness (QED) is 0.535. The molecule has 0 atom stereocenters. The third kappa shape index (κ3) is 5.73. The molecule has 0 saturated carbocycles. The number of nitrogens with one attached hydrogen (secondary N) is 1. The normalized spacial score (nSPS) is 14.5. The second-order valence-corrected chi connectivity index (χ2v) is 5.41. The largest absolute Gasteiger partial charge is 0.400 e. The van der Waals surface area contributed by atoms with E-state index in [1.807, 2.05) is 20.8 Å². The van der Waals surface area contributed by atoms with Crippen molar-refractivity contribution < 1.29 is 0 Å². The number of halogens is 1. The molecular weight excluding hydrogens is 236 g/mol. The molecule has 0 aromatic carbocycles. The van der Waals surface area contributed by atoms with Crippen molar-refractivity contribution in [1.82, 2.24) is 0 Å². The van der Waals surface area contributed by atoms with Crippen LogP contribution >= 0.6 is 11.6 Å². The Hall–Kier alpha value is -1.03. The van der Waals surface area contributed by atoms with Crippen LogP contribution in [0.15, 0.2) is 15.7 Å². The van der Waals surface area contributed by atoms with E-state index < -0.39 is 0 Å². The average Bonchev–Trinajstić information content (AvgIpc) is 2.22. The number of aliphatic imine (C=N–C) groups is 1. The molecule has 0 aliphatic rings. The molecule has 0 spiro atoms. The van der Waals surface area contributed by atoms with Crippen molar-refractivity contribution in [2.24, 2.45) is 21.9 Å². The zero-order valence-electron chi connectivity index (χ0n) is 11.1. The van der Waals surface area contributed by atoms with Gasteiger partial charge in [0.15, 0.2) is 5.84 Å². The number of unbranched alkanes of at least 4 members (excludes halogenated alkanes) is 1. The molecule has 0 aromatic heterocycles. The van der Waals surface area contributed by atoms with E-state index >= 15 is 0 Å². The number of hydrogen-bond acceptors (Lipinski definition) is 2. The van der Waals surface area contributed by atoms with E-state index in [9.17, 15) is 0 Å². The molecule has 0 unspecified atom stereocenters. The van der Waals surface area contributed by atoms with Gasteiger partial charge >= 0.3 is 0 Å². The molecular formula is C12H23ClN4. The van der Waals surface area contributed by atoms with Crippen LogP contribution in [0.1, 0.15) is 47.0 Å². The van der Waals surface area contributed by atoms with Crippen LogP contribution in [-0.4, -0.2) is 11.7 Å². The molecule has 0 aliphatic carbocycles. The highest BCUT2D eigenvalue weighted by molar-refractivity contribution is 6.43. The van der Waals surface area contributed by atoms with Gasteiger partial charge in [0, 0.05) is 17.5 Å². The van der Waals surface area contributed by atoms with Crippen molar-refractivity contribution >= 4 is 23.3 Å². The van der Waals surface area contributed by atoms with E-state index in [-0.39, 0.29) is 16.3 Å². The van der Waals surface area contributed by atoms with Crippen molar-refractivity contribution in [2.75, 3.05) is 0 Å². The number of amidine groups is 2. The molecule has 4 nitrogen and oxygen atoms in total. The van der Waals surface area contributed by atoms with Gasteiger partial charge in [0.2, 0.25) is 0 Å². The van der Waals surface area contributed by atoms with E-state index in [1.165, 1.54) is 0 Å². The first-order chi connectivity index (χ1) is 7.70. The van der Waals surface area contributed by atoms with Crippen LogP contribution in [0, 0.1) is 10.8 Å². The molecule has 98 valence electrons. The summed E-state index contributed by atoms with van der Waals surface area (Å²) < 4.78 is 0. The van der Waals surface area contributed by atoms with Crippen molar-refractivity contribution in [1.29, 1.82) is 5.41 Å². The minimum atomic E-state index is -0.281. The Labute approximate surface area is 109 Å². The van der Waals surface area contributed by atoms with Gasteiger partial charge in [0.25, 0.3) is 0 Å². The third-order valence-corrected chi connectivity index (χ3v) is 2.68. The number of nitrogens with two attached hydrogens (primary N) is 2. The van der Waals surface area contributed by atoms with Crippen LogP contribution < -0.4 is 11.5 Å². The molecule has 0 saturated heterocycles. The van der Waals surface area contributed by atoms with Gasteiger partial charge in [-0.1, -0.05) is 45.7 Å². The highest BCUT2D eigenvalue weighted by Crippen LogP contribution is 2.26. The zero-order chi connectivity index (χ0) is 13.6. The Bertz CT molecular complexity index is 337. The number of rotatable bonds is 4. The van der Waals surface area contributed by atoms with Gasteiger partial charge in [-0.2, -0.15) is 0 Å². The monoisotopic (exact) mass is 258 g/mol. The standard InChI is InChI=1S/C12H23ClN4/c1-5-6-7-8(14)17-11(16)9(13)10(15)12(2,3)4/h5-7,15H2,1-4H3,(H3,14,16,17)/b10-9+. The number of allylic oxidation sites excluding steroid dienone is 1. The molecule has 17 heavy (non-hydrogen) atoms. The topological polar surface area (TPSA) is 88.2 Å². The Morgan fingerprint density at radius 2 is 1.82 bits per heavy atom. The van der Waals surface area contributed by atoms with Gasteiger partial charge in [0.1, 0.15) is 10.9 Å². The first-order valence-electron chi connectivity index (χ1n) is 5.77. The summed E-state index contributed by atoms with van der Waals surface area (Å²) in [4.78, 5) is 3.96. The fourth-order valence-corrected chi connectivity index (χ4v) is 1.39. The van der Waals surface area contributed by atoms with Crippen molar-refractivity contribution in [3.63, 3.8) is 0 Å². The van der Waals surface area contributed by atoms with Crippen molar-refractivity contribution in [2.45, 2.75) is 47.0 Å². The van der Waals surface area contributed by atoms with E-state index in [2.05, 4.69) is 11.9 Å². The summed E-state index contributed by atoms with van der Waals surface area (Å²) in [6.45, 7) is 7.87. The highest BCUT2D eigenvalue weighted by Gasteiger charge is 2.19. The second kappa shape index (κ2) is 6.64. The zero-order valence-corrected chi connectivity index (χ0v) is 11.9. The fraction of sp³-hybridized carbons (Fsp3) is 0.667. The summed E-state index contributed by atoms with van der Waals surface area (Å²) in [6.07, 6.45) is 2.68. The number of hydrogen-bond donors (Lipinski definition) is 3. The van der Waals surface area contributed by atoms with E-state index in [4.69, 9.17) is 28.5 Å². The van der Waals surface area contributed by atoms with Crippen LogP contribution in [0.25, 0.3) is 0 Å². The first-order valence-corrected chi connectivity index (χ1v) is 6.15. The van der Waals surface area contributed by atoms with Crippen LogP contribution in [0.2, 0.25) is 0 Å². The Morgan fingerprint density at radius 3 is 2.24 bits per heavy atom. The summed E-state index contributed by atoms with van der Waals surface area (Å²) in [5.41, 5.74) is 11.7. The molecule has 0 aromatic rings. The first kappa shape index (κ1) is 16.0. The Morgan fingerprint density at radius 1 is 1.29 bits per heavy atom. The lowest BCUT2D eigenvalue weighted by Crippen LogP contribution is -2.21. The van der Waals surface area contributed by atoms with Crippen molar-refractivity contribution in [3.8, 4) is 0 Å². The van der Waals surface area contributed by atoms with Crippen LogP contribution in [0.4, 0.5) is 0 Å². The molecule has 0 bridgehead atoms. The average molecular weight is 259 g/mol.